The number of benzene rings is 1. The zero-order chi connectivity index (χ0) is 18.8. The Labute approximate surface area is 167 Å². The Hall–Kier alpha value is -2.65. The molecule has 9 nitrogen and oxygen atoms in total. The number of hydrogen-bond acceptors (Lipinski definition) is 5. The summed E-state index contributed by atoms with van der Waals surface area (Å²) in [4.78, 5) is 27.4. The molecule has 1 aliphatic rings. The van der Waals surface area contributed by atoms with Gasteiger partial charge >= 0.3 is 5.69 Å². The standard InChI is InChI=1S/C18H23N7O2.ClH/c1-12-16(22-23-25(12)13-6-8-19-9-7-13)17(26)20-10-11-24-15-5-3-2-4-14(15)21-18(24)27;/h2-5,13,19H,6-11H2,1H3,(H,20,26)(H,21,27);1H. The number of nitrogens with zero attached hydrogens (tertiary/aromatic N) is 4. The summed E-state index contributed by atoms with van der Waals surface area (Å²) in [6.07, 6.45) is 1.96. The van der Waals surface area contributed by atoms with E-state index in [4.69, 9.17) is 0 Å². The summed E-state index contributed by atoms with van der Waals surface area (Å²) in [6.45, 7) is 4.49. The lowest BCUT2D eigenvalue weighted by molar-refractivity contribution is 0.0946. The summed E-state index contributed by atoms with van der Waals surface area (Å²) >= 11 is 0. The lowest BCUT2D eigenvalue weighted by Gasteiger charge is -2.23. The molecule has 4 rings (SSSR count). The minimum absolute atomic E-state index is 0. The Morgan fingerprint density at radius 2 is 2.04 bits per heavy atom. The molecule has 3 aromatic rings. The molecule has 0 atom stereocenters. The van der Waals surface area contributed by atoms with Crippen molar-refractivity contribution in [3.05, 3.63) is 46.1 Å². The van der Waals surface area contributed by atoms with Crippen molar-refractivity contribution in [2.24, 2.45) is 0 Å². The summed E-state index contributed by atoms with van der Waals surface area (Å²) in [5.41, 5.74) is 2.56. The van der Waals surface area contributed by atoms with Crippen LogP contribution in [0.2, 0.25) is 0 Å². The van der Waals surface area contributed by atoms with E-state index in [1.807, 2.05) is 35.9 Å². The van der Waals surface area contributed by atoms with Crippen molar-refractivity contribution in [2.75, 3.05) is 19.6 Å². The molecule has 1 saturated heterocycles. The van der Waals surface area contributed by atoms with Crippen molar-refractivity contribution < 1.29 is 4.79 Å². The van der Waals surface area contributed by atoms with Crippen molar-refractivity contribution in [3.8, 4) is 0 Å². The lowest BCUT2D eigenvalue weighted by atomic mass is 10.1. The third-order valence-electron chi connectivity index (χ3n) is 5.10. The number of imidazole rings is 1. The number of fused-ring (bicyclic) bond motifs is 1. The van der Waals surface area contributed by atoms with Crippen LogP contribution in [0.4, 0.5) is 0 Å². The highest BCUT2D eigenvalue weighted by atomic mass is 35.5. The van der Waals surface area contributed by atoms with Crippen LogP contribution in [0.15, 0.2) is 29.1 Å². The van der Waals surface area contributed by atoms with E-state index in [1.165, 1.54) is 0 Å². The summed E-state index contributed by atoms with van der Waals surface area (Å²) in [7, 11) is 0. The second-order valence-corrected chi connectivity index (χ2v) is 6.80. The van der Waals surface area contributed by atoms with Gasteiger partial charge in [0.15, 0.2) is 5.69 Å². The van der Waals surface area contributed by atoms with Gasteiger partial charge in [-0.2, -0.15) is 0 Å². The highest BCUT2D eigenvalue weighted by molar-refractivity contribution is 5.93. The smallest absolute Gasteiger partial charge is 0.326 e. The van der Waals surface area contributed by atoms with Gasteiger partial charge in [-0.25, -0.2) is 9.48 Å². The number of amides is 1. The number of H-pyrrole nitrogens is 1. The zero-order valence-corrected chi connectivity index (χ0v) is 16.5. The van der Waals surface area contributed by atoms with E-state index in [-0.39, 0.29) is 30.0 Å². The van der Waals surface area contributed by atoms with Crippen molar-refractivity contribution in [2.45, 2.75) is 32.4 Å². The number of para-hydroxylation sites is 2. The predicted molar refractivity (Wildman–Crippen MR) is 108 cm³/mol. The minimum Gasteiger partial charge on any atom is -0.349 e. The fraction of sp³-hybridized carbons (Fsp3) is 0.444. The molecule has 0 unspecified atom stereocenters. The molecule has 1 aromatic carbocycles. The SMILES string of the molecule is Cc1c(C(=O)NCCn2c(=O)[nH]c3ccccc32)nnn1C1CCNCC1.Cl. The van der Waals surface area contributed by atoms with Crippen LogP contribution < -0.4 is 16.3 Å². The van der Waals surface area contributed by atoms with Crippen LogP contribution in [-0.4, -0.2) is 50.1 Å². The molecule has 3 heterocycles. The minimum atomic E-state index is -0.263. The van der Waals surface area contributed by atoms with E-state index >= 15 is 0 Å². The number of halogens is 1. The number of aromatic amines is 1. The van der Waals surface area contributed by atoms with Gasteiger partial charge < -0.3 is 15.6 Å². The monoisotopic (exact) mass is 405 g/mol. The molecule has 28 heavy (non-hydrogen) atoms. The van der Waals surface area contributed by atoms with Gasteiger partial charge in [-0.05, 0) is 45.0 Å². The number of carbonyl (C=O) groups excluding carboxylic acids is 1. The quantitative estimate of drug-likeness (QED) is 0.586. The first-order valence-corrected chi connectivity index (χ1v) is 9.23. The Morgan fingerprint density at radius 3 is 2.82 bits per heavy atom. The molecular weight excluding hydrogens is 382 g/mol. The molecule has 1 amide bonds. The number of rotatable bonds is 5. The molecule has 10 heteroatoms. The van der Waals surface area contributed by atoms with E-state index in [2.05, 4.69) is 25.9 Å². The number of carbonyl (C=O) groups is 1. The van der Waals surface area contributed by atoms with Gasteiger partial charge in [0.2, 0.25) is 0 Å². The Morgan fingerprint density at radius 1 is 1.29 bits per heavy atom. The first-order valence-electron chi connectivity index (χ1n) is 9.23. The molecule has 0 bridgehead atoms. The molecule has 0 aliphatic carbocycles. The second-order valence-electron chi connectivity index (χ2n) is 6.80. The van der Waals surface area contributed by atoms with Gasteiger partial charge in [0.05, 0.1) is 22.8 Å². The maximum Gasteiger partial charge on any atom is 0.326 e. The van der Waals surface area contributed by atoms with Gasteiger partial charge in [0.25, 0.3) is 5.91 Å². The Kier molecular flexibility index (Phi) is 6.15. The van der Waals surface area contributed by atoms with Crippen LogP contribution in [-0.2, 0) is 6.54 Å². The third-order valence-corrected chi connectivity index (χ3v) is 5.10. The fourth-order valence-corrected chi connectivity index (χ4v) is 3.64. The highest BCUT2D eigenvalue weighted by Crippen LogP contribution is 2.20. The number of aromatic nitrogens is 5. The molecule has 0 saturated carbocycles. The summed E-state index contributed by atoms with van der Waals surface area (Å²) < 4.78 is 3.48. The second kappa shape index (κ2) is 8.57. The highest BCUT2D eigenvalue weighted by Gasteiger charge is 2.22. The molecule has 0 spiro atoms. The van der Waals surface area contributed by atoms with Crippen molar-refractivity contribution in [1.29, 1.82) is 0 Å². The molecule has 2 aromatic heterocycles. The first kappa shape index (κ1) is 20.1. The van der Waals surface area contributed by atoms with Gasteiger partial charge in [0.1, 0.15) is 0 Å². The van der Waals surface area contributed by atoms with Crippen LogP contribution in [0.3, 0.4) is 0 Å². The van der Waals surface area contributed by atoms with E-state index in [0.29, 0.717) is 18.8 Å². The maximum atomic E-state index is 12.5. The largest absolute Gasteiger partial charge is 0.349 e. The van der Waals surface area contributed by atoms with Gasteiger partial charge in [-0.3, -0.25) is 9.36 Å². The normalized spacial score (nSPS) is 14.8. The van der Waals surface area contributed by atoms with Crippen LogP contribution >= 0.6 is 12.4 Å². The van der Waals surface area contributed by atoms with Crippen LogP contribution in [0.1, 0.15) is 35.1 Å². The number of piperidine rings is 1. The van der Waals surface area contributed by atoms with Gasteiger partial charge in [-0.1, -0.05) is 17.3 Å². The Balaban J connectivity index is 0.00000225. The topological polar surface area (TPSA) is 110 Å². The lowest BCUT2D eigenvalue weighted by Crippen LogP contribution is -2.31. The fourth-order valence-electron chi connectivity index (χ4n) is 3.64. The van der Waals surface area contributed by atoms with Crippen LogP contribution in [0.25, 0.3) is 11.0 Å². The molecule has 1 aliphatic heterocycles. The number of hydrogen-bond donors (Lipinski definition) is 3. The van der Waals surface area contributed by atoms with Crippen molar-refractivity contribution in [3.63, 3.8) is 0 Å². The first-order chi connectivity index (χ1) is 13.1. The van der Waals surface area contributed by atoms with E-state index in [9.17, 15) is 9.59 Å². The summed E-state index contributed by atoms with van der Waals surface area (Å²) in [5.74, 6) is -0.263. The van der Waals surface area contributed by atoms with Crippen molar-refractivity contribution >= 4 is 29.3 Å². The van der Waals surface area contributed by atoms with E-state index < -0.39 is 0 Å². The average Bonchev–Trinajstić information content (AvgIpc) is 3.22. The molecular formula is C18H24ClN7O2. The van der Waals surface area contributed by atoms with Crippen LogP contribution in [0.5, 0.6) is 0 Å². The maximum absolute atomic E-state index is 12.5. The molecule has 1 fully saturated rings. The van der Waals surface area contributed by atoms with Gasteiger partial charge in [-0.15, -0.1) is 17.5 Å². The third kappa shape index (κ3) is 3.81. The summed E-state index contributed by atoms with van der Waals surface area (Å²) in [6, 6.07) is 7.77. The number of nitrogens with one attached hydrogen (secondary N) is 3. The molecule has 150 valence electrons. The zero-order valence-electron chi connectivity index (χ0n) is 15.6. The summed E-state index contributed by atoms with van der Waals surface area (Å²) in [5, 5.41) is 14.4. The Bertz CT molecular complexity index is 1020. The van der Waals surface area contributed by atoms with E-state index in [0.717, 1.165) is 42.7 Å². The molecule has 3 N–H and O–H groups in total. The molecule has 0 radical (unpaired) electrons. The van der Waals surface area contributed by atoms with Crippen LogP contribution in [0, 0.1) is 6.92 Å². The van der Waals surface area contributed by atoms with E-state index in [1.54, 1.807) is 4.57 Å². The van der Waals surface area contributed by atoms with Gasteiger partial charge in [0, 0.05) is 13.1 Å². The average molecular weight is 406 g/mol. The predicted octanol–water partition coefficient (Wildman–Crippen LogP) is 1.01. The van der Waals surface area contributed by atoms with Crippen molar-refractivity contribution in [1.82, 2.24) is 35.2 Å².